The maximum absolute atomic E-state index is 11.9. The van der Waals surface area contributed by atoms with Crippen LogP contribution in [-0.4, -0.2) is 28.6 Å². The highest BCUT2D eigenvalue weighted by molar-refractivity contribution is 5.81. The molecule has 1 aliphatic rings. The zero-order chi connectivity index (χ0) is 13.1. The molecule has 96 valence electrons. The number of hydrogen-bond acceptors (Lipinski definition) is 3. The van der Waals surface area contributed by atoms with Crippen molar-refractivity contribution in [1.29, 1.82) is 0 Å². The molecule has 0 radical (unpaired) electrons. The Kier molecular flexibility index (Phi) is 4.28. The van der Waals surface area contributed by atoms with Gasteiger partial charge in [-0.15, -0.1) is 0 Å². The molecular formula is C12H20N2O3. The fourth-order valence-corrected chi connectivity index (χ4v) is 1.83. The minimum absolute atomic E-state index is 0.0483. The largest absolute Gasteiger partial charge is 0.481 e. The van der Waals surface area contributed by atoms with E-state index in [1.807, 2.05) is 26.0 Å². The monoisotopic (exact) mass is 240 g/mol. The fourth-order valence-electron chi connectivity index (χ4n) is 1.83. The number of aliphatic carboxylic acids is 1. The highest BCUT2D eigenvalue weighted by atomic mass is 16.4. The molecule has 0 bridgehead atoms. The molecule has 0 aromatic carbocycles. The zero-order valence-corrected chi connectivity index (χ0v) is 10.3. The number of carboxylic acid groups (broad SMARTS) is 1. The topological polar surface area (TPSA) is 92.4 Å². The molecule has 0 aromatic heterocycles. The summed E-state index contributed by atoms with van der Waals surface area (Å²) in [5.41, 5.74) is 5.18. The Labute approximate surface area is 101 Å². The summed E-state index contributed by atoms with van der Waals surface area (Å²) >= 11 is 0. The third kappa shape index (κ3) is 4.56. The van der Waals surface area contributed by atoms with Gasteiger partial charge in [-0.05, 0) is 26.7 Å². The van der Waals surface area contributed by atoms with Gasteiger partial charge in [0, 0.05) is 18.0 Å². The van der Waals surface area contributed by atoms with Gasteiger partial charge in [0.2, 0.25) is 5.91 Å². The van der Waals surface area contributed by atoms with E-state index >= 15 is 0 Å². The van der Waals surface area contributed by atoms with Crippen LogP contribution in [0.15, 0.2) is 12.2 Å². The van der Waals surface area contributed by atoms with E-state index in [4.69, 9.17) is 10.8 Å². The molecule has 1 aliphatic carbocycles. The van der Waals surface area contributed by atoms with E-state index in [0.717, 1.165) is 0 Å². The van der Waals surface area contributed by atoms with Gasteiger partial charge in [-0.2, -0.15) is 0 Å². The number of nitrogens with two attached hydrogens (primary N) is 1. The van der Waals surface area contributed by atoms with E-state index in [1.165, 1.54) is 0 Å². The predicted molar refractivity (Wildman–Crippen MR) is 64.3 cm³/mol. The van der Waals surface area contributed by atoms with Crippen LogP contribution in [0.5, 0.6) is 0 Å². The summed E-state index contributed by atoms with van der Waals surface area (Å²) in [5.74, 6) is -1.12. The van der Waals surface area contributed by atoms with Gasteiger partial charge in [0.1, 0.15) is 0 Å². The summed E-state index contributed by atoms with van der Waals surface area (Å²) in [5, 5.41) is 11.5. The number of amides is 1. The standard InChI is InChI=1S/C12H20N2O3/c1-12(2,6-5-10(15)16)14-11(17)8-3-4-9(13)7-8/h3-4,8-9H,5-7,13H2,1-2H3,(H,14,17)(H,15,16). The lowest BCUT2D eigenvalue weighted by atomic mass is 9.96. The highest BCUT2D eigenvalue weighted by Gasteiger charge is 2.28. The summed E-state index contributed by atoms with van der Waals surface area (Å²) in [4.78, 5) is 22.4. The number of rotatable bonds is 5. The third-order valence-electron chi connectivity index (χ3n) is 2.88. The molecule has 0 aromatic rings. The summed E-state index contributed by atoms with van der Waals surface area (Å²) in [6, 6.07) is -0.0483. The number of nitrogens with one attached hydrogen (secondary N) is 1. The van der Waals surface area contributed by atoms with E-state index in [0.29, 0.717) is 12.8 Å². The van der Waals surface area contributed by atoms with Crippen LogP contribution in [0.4, 0.5) is 0 Å². The molecule has 4 N–H and O–H groups in total. The van der Waals surface area contributed by atoms with E-state index < -0.39 is 11.5 Å². The average molecular weight is 240 g/mol. The summed E-state index contributed by atoms with van der Waals surface area (Å²) in [6.45, 7) is 3.65. The minimum atomic E-state index is -0.852. The Balaban J connectivity index is 2.44. The molecule has 1 rings (SSSR count). The van der Waals surface area contributed by atoms with Gasteiger partial charge in [-0.25, -0.2) is 0 Å². The molecule has 1 amide bonds. The Morgan fingerprint density at radius 1 is 1.47 bits per heavy atom. The van der Waals surface area contributed by atoms with Crippen LogP contribution in [0, 0.1) is 5.92 Å². The number of carbonyl (C=O) groups excluding carboxylic acids is 1. The molecule has 0 saturated heterocycles. The smallest absolute Gasteiger partial charge is 0.303 e. The lowest BCUT2D eigenvalue weighted by molar-refractivity contribution is -0.138. The van der Waals surface area contributed by atoms with Gasteiger partial charge in [0.25, 0.3) is 0 Å². The second kappa shape index (κ2) is 5.31. The first-order valence-electron chi connectivity index (χ1n) is 5.78. The molecular weight excluding hydrogens is 220 g/mol. The maximum Gasteiger partial charge on any atom is 0.303 e. The van der Waals surface area contributed by atoms with Crippen LogP contribution < -0.4 is 11.1 Å². The lowest BCUT2D eigenvalue weighted by Crippen LogP contribution is -2.46. The SMILES string of the molecule is CC(C)(CCC(=O)O)NC(=O)C1C=CC(N)C1. The number of carbonyl (C=O) groups is 2. The van der Waals surface area contributed by atoms with Crippen LogP contribution in [0.1, 0.15) is 33.1 Å². The summed E-state index contributed by atoms with van der Waals surface area (Å²) in [7, 11) is 0. The van der Waals surface area contributed by atoms with Crippen molar-refractivity contribution in [3.8, 4) is 0 Å². The van der Waals surface area contributed by atoms with E-state index in [9.17, 15) is 9.59 Å². The third-order valence-corrected chi connectivity index (χ3v) is 2.88. The quantitative estimate of drug-likeness (QED) is 0.615. The van der Waals surface area contributed by atoms with Crippen molar-refractivity contribution in [2.24, 2.45) is 11.7 Å². The van der Waals surface area contributed by atoms with Gasteiger partial charge in [0.15, 0.2) is 0 Å². The van der Waals surface area contributed by atoms with Crippen LogP contribution >= 0.6 is 0 Å². The summed E-state index contributed by atoms with van der Waals surface area (Å²) < 4.78 is 0. The molecule has 0 saturated carbocycles. The van der Waals surface area contributed by atoms with Crippen molar-refractivity contribution in [1.82, 2.24) is 5.32 Å². The molecule has 0 aliphatic heterocycles. The van der Waals surface area contributed by atoms with Gasteiger partial charge in [0.05, 0.1) is 5.92 Å². The molecule has 0 spiro atoms. The van der Waals surface area contributed by atoms with Crippen LogP contribution in [0.25, 0.3) is 0 Å². The second-order valence-electron chi connectivity index (χ2n) is 5.16. The molecule has 5 nitrogen and oxygen atoms in total. The van der Waals surface area contributed by atoms with E-state index in [1.54, 1.807) is 0 Å². The van der Waals surface area contributed by atoms with Crippen molar-refractivity contribution in [2.75, 3.05) is 0 Å². The average Bonchev–Trinajstić information content (AvgIpc) is 2.61. The van der Waals surface area contributed by atoms with Crippen LogP contribution in [-0.2, 0) is 9.59 Å². The van der Waals surface area contributed by atoms with Gasteiger partial charge in [-0.1, -0.05) is 12.2 Å². The fraction of sp³-hybridized carbons (Fsp3) is 0.667. The first kappa shape index (κ1) is 13.7. The van der Waals surface area contributed by atoms with Gasteiger partial charge < -0.3 is 16.2 Å². The Morgan fingerprint density at radius 3 is 2.59 bits per heavy atom. The first-order valence-corrected chi connectivity index (χ1v) is 5.78. The Morgan fingerprint density at radius 2 is 2.12 bits per heavy atom. The molecule has 2 atom stereocenters. The predicted octanol–water partition coefficient (Wildman–Crippen LogP) is 0.649. The Hall–Kier alpha value is -1.36. The Bertz CT molecular complexity index is 337. The summed E-state index contributed by atoms with van der Waals surface area (Å²) in [6.07, 6.45) is 4.73. The van der Waals surface area contributed by atoms with Crippen molar-refractivity contribution >= 4 is 11.9 Å². The molecule has 2 unspecified atom stereocenters. The van der Waals surface area contributed by atoms with Gasteiger partial charge >= 0.3 is 5.97 Å². The highest BCUT2D eigenvalue weighted by Crippen LogP contribution is 2.19. The van der Waals surface area contributed by atoms with Crippen LogP contribution in [0.2, 0.25) is 0 Å². The normalized spacial score (nSPS) is 23.7. The second-order valence-corrected chi connectivity index (χ2v) is 5.16. The van der Waals surface area contributed by atoms with Crippen molar-refractivity contribution in [3.63, 3.8) is 0 Å². The van der Waals surface area contributed by atoms with Crippen molar-refractivity contribution in [2.45, 2.75) is 44.7 Å². The maximum atomic E-state index is 11.9. The van der Waals surface area contributed by atoms with Crippen molar-refractivity contribution in [3.05, 3.63) is 12.2 Å². The molecule has 0 heterocycles. The molecule has 5 heteroatoms. The lowest BCUT2D eigenvalue weighted by Gasteiger charge is -2.27. The van der Waals surface area contributed by atoms with Crippen molar-refractivity contribution < 1.29 is 14.7 Å². The van der Waals surface area contributed by atoms with E-state index in [2.05, 4.69) is 5.32 Å². The molecule has 17 heavy (non-hydrogen) atoms. The first-order chi connectivity index (χ1) is 7.80. The number of hydrogen-bond donors (Lipinski definition) is 3. The molecule has 0 fully saturated rings. The van der Waals surface area contributed by atoms with Crippen LogP contribution in [0.3, 0.4) is 0 Å². The van der Waals surface area contributed by atoms with E-state index in [-0.39, 0.29) is 24.3 Å². The number of carboxylic acids is 1. The minimum Gasteiger partial charge on any atom is -0.481 e. The zero-order valence-electron chi connectivity index (χ0n) is 10.3. The van der Waals surface area contributed by atoms with Gasteiger partial charge in [-0.3, -0.25) is 9.59 Å².